The fourth-order valence-corrected chi connectivity index (χ4v) is 4.99. The molecule has 34 heavy (non-hydrogen) atoms. The highest BCUT2D eigenvalue weighted by Gasteiger charge is 2.23. The van der Waals surface area contributed by atoms with Gasteiger partial charge in [-0.05, 0) is 49.1 Å². The van der Waals surface area contributed by atoms with E-state index >= 15 is 0 Å². The summed E-state index contributed by atoms with van der Waals surface area (Å²) in [5.74, 6) is -0.644. The molecule has 0 N–H and O–H groups in total. The van der Waals surface area contributed by atoms with E-state index in [4.69, 9.17) is 0 Å². The molecule has 0 spiro atoms. The van der Waals surface area contributed by atoms with Gasteiger partial charge in [-0.2, -0.15) is 0 Å². The number of carbonyl (C=O) groups excluding carboxylic acids is 1. The van der Waals surface area contributed by atoms with E-state index in [2.05, 4.69) is 20.2 Å². The fraction of sp³-hybridized carbons (Fsp3) is 0.280. The second-order valence-electron chi connectivity index (χ2n) is 8.31. The maximum Gasteiger partial charge on any atom is 0.280 e. The maximum absolute atomic E-state index is 13.6. The van der Waals surface area contributed by atoms with Crippen LogP contribution in [-0.2, 0) is 13.1 Å². The second kappa shape index (κ2) is 10.1. The van der Waals surface area contributed by atoms with Gasteiger partial charge in [0.15, 0.2) is 10.8 Å². The Balaban J connectivity index is 1.37. The van der Waals surface area contributed by atoms with Gasteiger partial charge in [-0.15, -0.1) is 16.4 Å². The Bertz CT molecular complexity index is 1230. The third kappa shape index (κ3) is 5.14. The second-order valence-corrected chi connectivity index (χ2v) is 9.41. The first kappa shape index (κ1) is 22.2. The molecule has 1 aliphatic rings. The van der Waals surface area contributed by atoms with E-state index in [1.54, 1.807) is 39.2 Å². The summed E-state index contributed by atoms with van der Waals surface area (Å²) < 4.78 is 15.2. The van der Waals surface area contributed by atoms with Crippen molar-refractivity contribution in [1.82, 2.24) is 20.0 Å². The van der Waals surface area contributed by atoms with Gasteiger partial charge in [-0.3, -0.25) is 4.79 Å². The SMILES string of the molecule is O=C(c1cn(Cc2ccccc2)nn1)N(Cc1cnc(N2CCCCC2)s1)c1ccc(F)cc1. The molecule has 4 aromatic rings. The number of carbonyl (C=O) groups is 1. The summed E-state index contributed by atoms with van der Waals surface area (Å²) in [6, 6.07) is 15.8. The first-order valence-electron chi connectivity index (χ1n) is 11.4. The standard InChI is InChI=1S/C25H25FN6OS/c26-20-9-11-21(12-10-20)32(17-22-15-27-25(34-22)30-13-5-2-6-14-30)24(33)23-18-31(29-28-23)16-19-7-3-1-4-8-19/h1,3-4,7-12,15,18H,2,5-6,13-14,16-17H2. The maximum atomic E-state index is 13.6. The summed E-state index contributed by atoms with van der Waals surface area (Å²) in [6.07, 6.45) is 7.08. The third-order valence-electron chi connectivity index (χ3n) is 5.81. The predicted octanol–water partition coefficient (Wildman–Crippen LogP) is 4.76. The number of anilines is 2. The first-order chi connectivity index (χ1) is 16.7. The number of amides is 1. The number of thiazole rings is 1. The van der Waals surface area contributed by atoms with Crippen molar-refractivity contribution in [2.45, 2.75) is 32.4 Å². The summed E-state index contributed by atoms with van der Waals surface area (Å²) in [5, 5.41) is 9.24. The highest BCUT2D eigenvalue weighted by molar-refractivity contribution is 7.15. The van der Waals surface area contributed by atoms with Gasteiger partial charge in [0.1, 0.15) is 5.82 Å². The Kier molecular flexibility index (Phi) is 6.62. The van der Waals surface area contributed by atoms with Crippen molar-refractivity contribution in [2.75, 3.05) is 22.9 Å². The molecule has 1 saturated heterocycles. The van der Waals surface area contributed by atoms with Crippen LogP contribution in [0, 0.1) is 5.82 Å². The topological polar surface area (TPSA) is 67.2 Å². The zero-order chi connectivity index (χ0) is 23.3. The minimum absolute atomic E-state index is 0.237. The number of hydrogen-bond acceptors (Lipinski definition) is 6. The molecule has 9 heteroatoms. The van der Waals surface area contributed by atoms with E-state index in [1.807, 2.05) is 36.5 Å². The van der Waals surface area contributed by atoms with Crippen molar-refractivity contribution < 1.29 is 9.18 Å². The summed E-state index contributed by atoms with van der Waals surface area (Å²) in [6.45, 7) is 2.86. The molecule has 1 fully saturated rings. The van der Waals surface area contributed by atoms with Crippen molar-refractivity contribution in [3.05, 3.63) is 88.9 Å². The Labute approximate surface area is 201 Å². The summed E-state index contributed by atoms with van der Waals surface area (Å²) >= 11 is 1.59. The van der Waals surface area contributed by atoms with Crippen molar-refractivity contribution >= 4 is 28.1 Å². The number of halogens is 1. The highest BCUT2D eigenvalue weighted by Crippen LogP contribution is 2.28. The van der Waals surface area contributed by atoms with Gasteiger partial charge in [-0.1, -0.05) is 35.5 Å². The van der Waals surface area contributed by atoms with Crippen LogP contribution in [0.4, 0.5) is 15.2 Å². The number of rotatable bonds is 7. The van der Waals surface area contributed by atoms with Crippen LogP contribution in [0.15, 0.2) is 67.0 Å². The van der Waals surface area contributed by atoms with E-state index in [9.17, 15) is 9.18 Å². The molecule has 0 saturated carbocycles. The first-order valence-corrected chi connectivity index (χ1v) is 12.2. The van der Waals surface area contributed by atoms with Crippen LogP contribution in [0.1, 0.15) is 40.2 Å². The summed E-state index contributed by atoms with van der Waals surface area (Å²) in [4.78, 5) is 23.0. The van der Waals surface area contributed by atoms with Crippen LogP contribution in [0.2, 0.25) is 0 Å². The minimum Gasteiger partial charge on any atom is -0.348 e. The van der Waals surface area contributed by atoms with E-state index < -0.39 is 0 Å². The molecule has 3 heterocycles. The van der Waals surface area contributed by atoms with Crippen molar-refractivity contribution in [1.29, 1.82) is 0 Å². The van der Waals surface area contributed by atoms with Gasteiger partial charge in [0.05, 0.1) is 19.3 Å². The summed E-state index contributed by atoms with van der Waals surface area (Å²) in [7, 11) is 0. The van der Waals surface area contributed by atoms with E-state index in [1.165, 1.54) is 31.4 Å². The smallest absolute Gasteiger partial charge is 0.280 e. The number of benzene rings is 2. The van der Waals surface area contributed by atoms with E-state index in [-0.39, 0.29) is 17.4 Å². The van der Waals surface area contributed by atoms with Crippen LogP contribution in [0.3, 0.4) is 0 Å². The number of nitrogens with zero attached hydrogens (tertiary/aromatic N) is 6. The molecule has 1 amide bonds. The molecule has 0 radical (unpaired) electrons. The Morgan fingerprint density at radius 2 is 1.79 bits per heavy atom. The molecule has 0 bridgehead atoms. The lowest BCUT2D eigenvalue weighted by Crippen LogP contribution is -2.30. The molecule has 2 aromatic heterocycles. The van der Waals surface area contributed by atoms with Crippen molar-refractivity contribution in [3.63, 3.8) is 0 Å². The number of piperidine rings is 1. The fourth-order valence-electron chi connectivity index (χ4n) is 4.04. The van der Waals surface area contributed by atoms with Crippen molar-refractivity contribution in [3.8, 4) is 0 Å². The van der Waals surface area contributed by atoms with Gasteiger partial charge in [0.2, 0.25) is 0 Å². The molecule has 0 atom stereocenters. The van der Waals surface area contributed by atoms with Gasteiger partial charge < -0.3 is 9.80 Å². The molecular weight excluding hydrogens is 451 g/mol. The molecule has 0 unspecified atom stereocenters. The Morgan fingerprint density at radius 3 is 2.56 bits per heavy atom. The van der Waals surface area contributed by atoms with E-state index in [0.717, 1.165) is 28.7 Å². The average molecular weight is 477 g/mol. The van der Waals surface area contributed by atoms with Crippen LogP contribution >= 0.6 is 11.3 Å². The van der Waals surface area contributed by atoms with Crippen LogP contribution < -0.4 is 9.80 Å². The average Bonchev–Trinajstić information content (AvgIpc) is 3.54. The van der Waals surface area contributed by atoms with Gasteiger partial charge in [0, 0.05) is 29.9 Å². The quantitative estimate of drug-likeness (QED) is 0.385. The molecule has 0 aliphatic carbocycles. The number of aromatic nitrogens is 4. The molecule has 7 nitrogen and oxygen atoms in total. The lowest BCUT2D eigenvalue weighted by Gasteiger charge is -2.26. The van der Waals surface area contributed by atoms with Crippen LogP contribution in [0.5, 0.6) is 0 Å². The zero-order valence-electron chi connectivity index (χ0n) is 18.7. The van der Waals surface area contributed by atoms with Crippen LogP contribution in [-0.4, -0.2) is 39.0 Å². The lowest BCUT2D eigenvalue weighted by molar-refractivity contribution is 0.0980. The molecule has 2 aromatic carbocycles. The van der Waals surface area contributed by atoms with E-state index in [0.29, 0.717) is 18.8 Å². The number of hydrogen-bond donors (Lipinski definition) is 0. The molecule has 174 valence electrons. The van der Waals surface area contributed by atoms with Gasteiger partial charge >= 0.3 is 0 Å². The molecule has 1 aliphatic heterocycles. The summed E-state index contributed by atoms with van der Waals surface area (Å²) in [5.41, 5.74) is 1.90. The zero-order valence-corrected chi connectivity index (χ0v) is 19.5. The van der Waals surface area contributed by atoms with Crippen molar-refractivity contribution in [2.24, 2.45) is 0 Å². The molecule has 5 rings (SSSR count). The van der Waals surface area contributed by atoms with Gasteiger partial charge in [-0.25, -0.2) is 14.1 Å². The third-order valence-corrected chi connectivity index (χ3v) is 6.85. The minimum atomic E-state index is -0.352. The highest BCUT2D eigenvalue weighted by atomic mass is 32.1. The van der Waals surface area contributed by atoms with Crippen LogP contribution in [0.25, 0.3) is 0 Å². The molecular formula is C25H25FN6OS. The normalized spacial score (nSPS) is 13.7. The predicted molar refractivity (Wildman–Crippen MR) is 131 cm³/mol. The Hall–Kier alpha value is -3.59. The Morgan fingerprint density at radius 1 is 1.03 bits per heavy atom. The monoisotopic (exact) mass is 476 g/mol. The largest absolute Gasteiger partial charge is 0.348 e. The van der Waals surface area contributed by atoms with Gasteiger partial charge in [0.25, 0.3) is 5.91 Å². The lowest BCUT2D eigenvalue weighted by atomic mass is 10.1.